The first kappa shape index (κ1) is 22.2. The molecule has 1 N–H and O–H groups in total. The van der Waals surface area contributed by atoms with Crippen LogP contribution >= 0.6 is 11.3 Å². The molecule has 0 atom stereocenters. The predicted molar refractivity (Wildman–Crippen MR) is 123 cm³/mol. The number of thiazole rings is 1. The highest BCUT2D eigenvalue weighted by atomic mass is 32.2. The van der Waals surface area contributed by atoms with E-state index in [0.717, 1.165) is 42.4 Å². The summed E-state index contributed by atoms with van der Waals surface area (Å²) in [6, 6.07) is 5.62. The van der Waals surface area contributed by atoms with Gasteiger partial charge in [0.1, 0.15) is 17.1 Å². The Labute approximate surface area is 195 Å². The number of aryl methyl sites for hydroxylation is 3. The maximum Gasteiger partial charge on any atom is 0.305 e. The second-order valence-electron chi connectivity index (χ2n) is 8.37. The third-order valence-corrected chi connectivity index (χ3v) is 9.72. The van der Waals surface area contributed by atoms with Gasteiger partial charge >= 0.3 is 4.87 Å². The summed E-state index contributed by atoms with van der Waals surface area (Å²) in [6.45, 7) is 2.34. The molecular formula is C22H25N3O6S2. The van der Waals surface area contributed by atoms with Gasteiger partial charge in [0.15, 0.2) is 10.8 Å². The summed E-state index contributed by atoms with van der Waals surface area (Å²) < 4.78 is 38.7. The van der Waals surface area contributed by atoms with E-state index >= 15 is 0 Å². The second kappa shape index (κ2) is 8.62. The van der Waals surface area contributed by atoms with Crippen molar-refractivity contribution in [2.45, 2.75) is 36.8 Å². The van der Waals surface area contributed by atoms with Crippen LogP contribution in [0, 0.1) is 6.92 Å². The Morgan fingerprint density at radius 2 is 1.94 bits per heavy atom. The van der Waals surface area contributed by atoms with Crippen molar-refractivity contribution in [3.05, 3.63) is 44.9 Å². The van der Waals surface area contributed by atoms with Crippen LogP contribution in [-0.4, -0.2) is 61.3 Å². The Bertz CT molecular complexity index is 1360. The summed E-state index contributed by atoms with van der Waals surface area (Å²) >= 11 is 0.690. The molecule has 1 aliphatic carbocycles. The first-order valence-corrected chi connectivity index (χ1v) is 13.2. The lowest BCUT2D eigenvalue weighted by Gasteiger charge is -2.33. The number of nitrogens with one attached hydrogen (secondary N) is 1. The Morgan fingerprint density at radius 3 is 2.67 bits per heavy atom. The number of H-pyrrole nitrogens is 1. The number of piperazine rings is 1. The monoisotopic (exact) mass is 491 g/mol. The van der Waals surface area contributed by atoms with Gasteiger partial charge in [0, 0.05) is 49.2 Å². The summed E-state index contributed by atoms with van der Waals surface area (Å²) in [5.41, 5.74) is 2.43. The number of fused-ring (bicyclic) bond motifs is 3. The zero-order valence-electron chi connectivity index (χ0n) is 18.3. The van der Waals surface area contributed by atoms with Crippen LogP contribution in [0.5, 0.6) is 5.75 Å². The van der Waals surface area contributed by atoms with Crippen molar-refractivity contribution in [2.75, 3.05) is 32.8 Å². The van der Waals surface area contributed by atoms with Gasteiger partial charge in [-0.3, -0.25) is 9.59 Å². The van der Waals surface area contributed by atoms with Crippen LogP contribution in [-0.2, 0) is 27.7 Å². The molecule has 3 aromatic rings. The molecular weight excluding hydrogens is 466 g/mol. The molecule has 0 unspecified atom stereocenters. The number of carbonyl (C=O) groups excluding carboxylic acids is 1. The lowest BCUT2D eigenvalue weighted by Crippen LogP contribution is -2.51. The lowest BCUT2D eigenvalue weighted by atomic mass is 9.96. The average Bonchev–Trinajstić information content (AvgIpc) is 3.36. The quantitative estimate of drug-likeness (QED) is 0.586. The van der Waals surface area contributed by atoms with Gasteiger partial charge < -0.3 is 19.0 Å². The van der Waals surface area contributed by atoms with Gasteiger partial charge in [-0.2, -0.15) is 4.31 Å². The summed E-state index contributed by atoms with van der Waals surface area (Å²) in [7, 11) is -3.76. The minimum Gasteiger partial charge on any atom is -0.484 e. The molecule has 0 bridgehead atoms. The van der Waals surface area contributed by atoms with Crippen molar-refractivity contribution in [3.8, 4) is 5.75 Å². The fourth-order valence-corrected chi connectivity index (χ4v) is 7.36. The van der Waals surface area contributed by atoms with Gasteiger partial charge in [0.05, 0.1) is 0 Å². The highest BCUT2D eigenvalue weighted by Gasteiger charge is 2.32. The Balaban J connectivity index is 1.20. The van der Waals surface area contributed by atoms with E-state index in [2.05, 4.69) is 4.98 Å². The third-order valence-electron chi connectivity index (χ3n) is 6.24. The number of ether oxygens (including phenoxy) is 1. The van der Waals surface area contributed by atoms with Gasteiger partial charge in [0.25, 0.3) is 15.9 Å². The van der Waals surface area contributed by atoms with Gasteiger partial charge in [-0.05, 0) is 44.4 Å². The van der Waals surface area contributed by atoms with Crippen LogP contribution in [0.1, 0.15) is 29.9 Å². The average molecular weight is 492 g/mol. The second-order valence-corrected chi connectivity index (χ2v) is 11.5. The standard InChI is InChI=1S/C22H25N3O6S2/c1-14-21(32-22(27)23-14)33(28,29)25-10-8-24(9-11-25)20(26)13-30-15-6-7-19-17(12-15)16-4-2-3-5-18(16)31-19/h6-7,12H,2-5,8-11,13H2,1H3,(H,23,27). The third kappa shape index (κ3) is 4.20. The highest BCUT2D eigenvalue weighted by Crippen LogP contribution is 2.34. The fraction of sp³-hybridized carbons (Fsp3) is 0.455. The molecule has 11 heteroatoms. The number of aromatic nitrogens is 1. The number of sulfonamides is 1. The number of aromatic amines is 1. The Hall–Kier alpha value is -2.63. The number of carbonyl (C=O) groups is 1. The van der Waals surface area contributed by atoms with Gasteiger partial charge in [-0.1, -0.05) is 11.3 Å². The van der Waals surface area contributed by atoms with E-state index in [9.17, 15) is 18.0 Å². The predicted octanol–water partition coefficient (Wildman–Crippen LogP) is 2.28. The van der Waals surface area contributed by atoms with E-state index in [-0.39, 0.29) is 42.9 Å². The van der Waals surface area contributed by atoms with Crippen molar-refractivity contribution in [3.63, 3.8) is 0 Å². The smallest absolute Gasteiger partial charge is 0.305 e. The Kier molecular flexibility index (Phi) is 5.79. The highest BCUT2D eigenvalue weighted by molar-refractivity contribution is 7.91. The molecule has 1 saturated heterocycles. The van der Waals surface area contributed by atoms with Gasteiger partial charge in [-0.25, -0.2) is 8.42 Å². The maximum atomic E-state index is 12.8. The summed E-state index contributed by atoms with van der Waals surface area (Å²) in [5, 5.41) is 1.05. The van der Waals surface area contributed by atoms with Crippen LogP contribution in [0.15, 0.2) is 31.6 Å². The van der Waals surface area contributed by atoms with Crippen molar-refractivity contribution in [1.82, 2.24) is 14.2 Å². The molecule has 33 heavy (non-hydrogen) atoms. The van der Waals surface area contributed by atoms with Crippen LogP contribution in [0.25, 0.3) is 11.0 Å². The van der Waals surface area contributed by atoms with Crippen molar-refractivity contribution in [2.24, 2.45) is 0 Å². The zero-order valence-corrected chi connectivity index (χ0v) is 19.9. The lowest BCUT2D eigenvalue weighted by molar-refractivity contribution is -0.134. The molecule has 1 amide bonds. The van der Waals surface area contributed by atoms with E-state index in [1.165, 1.54) is 9.87 Å². The maximum absolute atomic E-state index is 12.8. The van der Waals surface area contributed by atoms with Crippen molar-refractivity contribution in [1.29, 1.82) is 0 Å². The fourth-order valence-electron chi connectivity index (χ4n) is 4.50. The van der Waals surface area contributed by atoms with E-state index in [1.807, 2.05) is 12.1 Å². The molecule has 2 aliphatic rings. The molecule has 0 saturated carbocycles. The summed E-state index contributed by atoms with van der Waals surface area (Å²) in [5.74, 6) is 1.48. The first-order chi connectivity index (χ1) is 15.8. The van der Waals surface area contributed by atoms with Crippen LogP contribution in [0.3, 0.4) is 0 Å². The molecule has 1 fully saturated rings. The molecule has 2 aromatic heterocycles. The summed E-state index contributed by atoms with van der Waals surface area (Å²) in [6.07, 6.45) is 4.25. The Morgan fingerprint density at radius 1 is 1.18 bits per heavy atom. The first-order valence-electron chi connectivity index (χ1n) is 11.0. The normalized spacial score (nSPS) is 17.3. The molecule has 0 spiro atoms. The zero-order chi connectivity index (χ0) is 23.2. The minimum atomic E-state index is -3.76. The number of furan rings is 1. The molecule has 5 rings (SSSR count). The van der Waals surface area contributed by atoms with E-state index in [0.29, 0.717) is 22.8 Å². The topological polar surface area (TPSA) is 113 Å². The minimum absolute atomic E-state index is 0.0347. The number of hydrogen-bond donors (Lipinski definition) is 1. The SMILES string of the molecule is Cc1[nH]c(=O)sc1S(=O)(=O)N1CCN(C(=O)COc2ccc3oc4c(c3c2)CCCC4)CC1. The summed E-state index contributed by atoms with van der Waals surface area (Å²) in [4.78, 5) is 27.9. The van der Waals surface area contributed by atoms with Gasteiger partial charge in [-0.15, -0.1) is 0 Å². The molecule has 9 nitrogen and oxygen atoms in total. The van der Waals surface area contributed by atoms with E-state index in [4.69, 9.17) is 9.15 Å². The van der Waals surface area contributed by atoms with Crippen molar-refractivity contribution < 1.29 is 22.4 Å². The number of hydrogen-bond acceptors (Lipinski definition) is 7. The van der Waals surface area contributed by atoms with Crippen LogP contribution in [0.4, 0.5) is 0 Å². The van der Waals surface area contributed by atoms with Crippen molar-refractivity contribution >= 4 is 38.2 Å². The molecule has 1 aliphatic heterocycles. The van der Waals surface area contributed by atoms with Crippen LogP contribution in [0.2, 0.25) is 0 Å². The molecule has 0 radical (unpaired) electrons. The van der Waals surface area contributed by atoms with E-state index < -0.39 is 14.9 Å². The van der Waals surface area contributed by atoms with Crippen LogP contribution < -0.4 is 9.61 Å². The molecule has 176 valence electrons. The van der Waals surface area contributed by atoms with Gasteiger partial charge in [0.2, 0.25) is 0 Å². The van der Waals surface area contributed by atoms with E-state index in [1.54, 1.807) is 17.9 Å². The number of amides is 1. The molecule has 1 aromatic carbocycles. The molecule has 3 heterocycles. The number of benzene rings is 1. The number of nitrogens with zero attached hydrogens (tertiary/aromatic N) is 2. The largest absolute Gasteiger partial charge is 0.484 e. The number of rotatable bonds is 5.